The fraction of sp³-hybridized carbons (Fsp3) is 0.579. The molecule has 0 spiro atoms. The van der Waals surface area contributed by atoms with Crippen molar-refractivity contribution in [2.75, 3.05) is 0 Å². The van der Waals surface area contributed by atoms with Gasteiger partial charge in [0.15, 0.2) is 0 Å². The van der Waals surface area contributed by atoms with E-state index in [1.807, 2.05) is 32.0 Å². The number of carbonyl (C=O) groups excluding carboxylic acids is 2. The third-order valence-corrected chi connectivity index (χ3v) is 4.25. The Hall–Kier alpha value is -1.84. The number of esters is 1. The number of para-hydroxylation sites is 1. The lowest BCUT2D eigenvalue weighted by Gasteiger charge is -2.25. The summed E-state index contributed by atoms with van der Waals surface area (Å²) in [7, 11) is 0. The van der Waals surface area contributed by atoms with E-state index in [4.69, 9.17) is 4.74 Å². The van der Waals surface area contributed by atoms with E-state index >= 15 is 0 Å². The lowest BCUT2D eigenvalue weighted by Crippen LogP contribution is -2.46. The number of carbonyl (C=O) groups is 2. The quantitative estimate of drug-likeness (QED) is 0.643. The van der Waals surface area contributed by atoms with Crippen molar-refractivity contribution in [1.82, 2.24) is 5.32 Å². The van der Waals surface area contributed by atoms with Crippen LogP contribution in [0.2, 0.25) is 0 Å². The lowest BCUT2D eigenvalue weighted by atomic mass is 9.88. The molecule has 0 aromatic heterocycles. The van der Waals surface area contributed by atoms with E-state index in [1.54, 1.807) is 12.1 Å². The van der Waals surface area contributed by atoms with Gasteiger partial charge >= 0.3 is 5.97 Å². The number of ether oxygens (including phenoxy) is 1. The van der Waals surface area contributed by atoms with Crippen LogP contribution < -0.4 is 10.1 Å². The molecule has 4 heteroatoms. The van der Waals surface area contributed by atoms with Crippen LogP contribution in [0.25, 0.3) is 0 Å². The molecule has 1 aromatic rings. The molecule has 1 N–H and O–H groups in total. The molecule has 0 bridgehead atoms. The van der Waals surface area contributed by atoms with Gasteiger partial charge in [0.05, 0.1) is 0 Å². The summed E-state index contributed by atoms with van der Waals surface area (Å²) in [5.74, 6) is 0.477. The van der Waals surface area contributed by atoms with Gasteiger partial charge in [0.1, 0.15) is 11.8 Å². The molecule has 126 valence electrons. The van der Waals surface area contributed by atoms with Gasteiger partial charge in [0.2, 0.25) is 5.91 Å². The largest absolute Gasteiger partial charge is 0.425 e. The van der Waals surface area contributed by atoms with Crippen molar-refractivity contribution >= 4 is 11.9 Å². The number of hydrogen-bond donors (Lipinski definition) is 1. The Kier molecular flexibility index (Phi) is 6.63. The first-order chi connectivity index (χ1) is 11.1. The summed E-state index contributed by atoms with van der Waals surface area (Å²) in [5, 5.41) is 2.92. The Labute approximate surface area is 138 Å². The van der Waals surface area contributed by atoms with E-state index in [2.05, 4.69) is 5.32 Å². The van der Waals surface area contributed by atoms with Crippen molar-refractivity contribution in [2.24, 2.45) is 11.8 Å². The van der Waals surface area contributed by atoms with Crippen molar-refractivity contribution in [3.05, 3.63) is 30.3 Å². The minimum Gasteiger partial charge on any atom is -0.425 e. The molecule has 1 aliphatic carbocycles. The summed E-state index contributed by atoms with van der Waals surface area (Å²) in [4.78, 5) is 24.9. The molecule has 1 fully saturated rings. The van der Waals surface area contributed by atoms with Crippen LogP contribution in [0.1, 0.15) is 52.4 Å². The van der Waals surface area contributed by atoms with E-state index in [0.29, 0.717) is 18.1 Å². The Morgan fingerprint density at radius 2 is 1.78 bits per heavy atom. The van der Waals surface area contributed by atoms with Crippen LogP contribution in [0.15, 0.2) is 30.3 Å². The van der Waals surface area contributed by atoms with Crippen molar-refractivity contribution < 1.29 is 14.3 Å². The van der Waals surface area contributed by atoms with Gasteiger partial charge < -0.3 is 10.1 Å². The number of nitrogens with one attached hydrogen (secondary N) is 1. The van der Waals surface area contributed by atoms with E-state index in [-0.39, 0.29) is 17.8 Å². The monoisotopic (exact) mass is 317 g/mol. The standard InChI is InChI=1S/C19H27NO3/c1-14(2)13-17(19(22)23-16-11-7-4-8-12-16)20-18(21)15-9-5-3-6-10-15/h4,7-8,11-12,14-15,17H,3,5-6,9-10,13H2,1-2H3,(H,20,21)/t17-/m0/s1. The highest BCUT2D eigenvalue weighted by Gasteiger charge is 2.28. The van der Waals surface area contributed by atoms with Gasteiger partial charge in [-0.3, -0.25) is 4.79 Å². The van der Waals surface area contributed by atoms with Crippen LogP contribution >= 0.6 is 0 Å². The molecular formula is C19H27NO3. The summed E-state index contributed by atoms with van der Waals surface area (Å²) >= 11 is 0. The molecule has 0 aliphatic heterocycles. The molecule has 1 aromatic carbocycles. The summed E-state index contributed by atoms with van der Waals surface area (Å²) < 4.78 is 5.41. The average molecular weight is 317 g/mol. The van der Waals surface area contributed by atoms with Crippen molar-refractivity contribution in [1.29, 1.82) is 0 Å². The molecule has 1 saturated carbocycles. The summed E-state index contributed by atoms with van der Waals surface area (Å²) in [5.41, 5.74) is 0. The van der Waals surface area contributed by atoms with Crippen LogP contribution in [0.3, 0.4) is 0 Å². The van der Waals surface area contributed by atoms with E-state index < -0.39 is 6.04 Å². The second-order valence-corrected chi connectivity index (χ2v) is 6.76. The molecule has 2 rings (SSSR count). The smallest absolute Gasteiger partial charge is 0.334 e. The predicted octanol–water partition coefficient (Wildman–Crippen LogP) is 3.70. The van der Waals surface area contributed by atoms with Crippen LogP contribution in [0.4, 0.5) is 0 Å². The first-order valence-corrected chi connectivity index (χ1v) is 8.63. The van der Waals surface area contributed by atoms with Gasteiger partial charge in [-0.2, -0.15) is 0 Å². The summed E-state index contributed by atoms with van der Waals surface area (Å²) in [6.07, 6.45) is 5.84. The second-order valence-electron chi connectivity index (χ2n) is 6.76. The molecule has 23 heavy (non-hydrogen) atoms. The highest BCUT2D eigenvalue weighted by atomic mass is 16.5. The van der Waals surface area contributed by atoms with E-state index in [0.717, 1.165) is 25.7 Å². The number of benzene rings is 1. The van der Waals surface area contributed by atoms with Gasteiger partial charge in [0.25, 0.3) is 0 Å². The number of amides is 1. The predicted molar refractivity (Wildman–Crippen MR) is 90.0 cm³/mol. The maximum Gasteiger partial charge on any atom is 0.334 e. The average Bonchev–Trinajstić information content (AvgIpc) is 2.55. The van der Waals surface area contributed by atoms with Crippen LogP contribution in [-0.2, 0) is 9.59 Å². The molecule has 0 unspecified atom stereocenters. The zero-order valence-electron chi connectivity index (χ0n) is 14.1. The number of hydrogen-bond acceptors (Lipinski definition) is 3. The summed E-state index contributed by atoms with van der Waals surface area (Å²) in [6, 6.07) is 8.42. The van der Waals surface area contributed by atoms with Crippen molar-refractivity contribution in [2.45, 2.75) is 58.4 Å². The lowest BCUT2D eigenvalue weighted by molar-refractivity contribution is -0.140. The first-order valence-electron chi connectivity index (χ1n) is 8.63. The second kappa shape index (κ2) is 8.70. The zero-order chi connectivity index (χ0) is 16.7. The topological polar surface area (TPSA) is 55.4 Å². The van der Waals surface area contributed by atoms with Crippen molar-refractivity contribution in [3.63, 3.8) is 0 Å². The normalized spacial score (nSPS) is 16.8. The molecule has 0 saturated heterocycles. The van der Waals surface area contributed by atoms with Crippen LogP contribution in [0.5, 0.6) is 5.75 Å². The Bertz CT molecular complexity index is 507. The highest BCUT2D eigenvalue weighted by Crippen LogP contribution is 2.24. The van der Waals surface area contributed by atoms with Crippen molar-refractivity contribution in [3.8, 4) is 5.75 Å². The summed E-state index contributed by atoms with van der Waals surface area (Å²) in [6.45, 7) is 4.07. The maximum absolute atomic E-state index is 12.4. The van der Waals surface area contributed by atoms with E-state index in [9.17, 15) is 9.59 Å². The van der Waals surface area contributed by atoms with Crippen LogP contribution in [0, 0.1) is 11.8 Å². The van der Waals surface area contributed by atoms with Gasteiger partial charge in [-0.1, -0.05) is 51.3 Å². The van der Waals surface area contributed by atoms with Gasteiger partial charge in [0, 0.05) is 5.92 Å². The van der Waals surface area contributed by atoms with Gasteiger partial charge in [-0.15, -0.1) is 0 Å². The van der Waals surface area contributed by atoms with Crippen LogP contribution in [-0.4, -0.2) is 17.9 Å². The fourth-order valence-corrected chi connectivity index (χ4v) is 3.02. The SMILES string of the molecule is CC(C)C[C@H](NC(=O)C1CCCCC1)C(=O)Oc1ccccc1. The molecule has 0 heterocycles. The maximum atomic E-state index is 12.4. The molecular weight excluding hydrogens is 290 g/mol. The third-order valence-electron chi connectivity index (χ3n) is 4.25. The van der Waals surface area contributed by atoms with Gasteiger partial charge in [-0.25, -0.2) is 4.79 Å². The van der Waals surface area contributed by atoms with Gasteiger partial charge in [-0.05, 0) is 37.3 Å². The first kappa shape index (κ1) is 17.5. The molecule has 0 radical (unpaired) electrons. The Morgan fingerprint density at radius 1 is 1.13 bits per heavy atom. The molecule has 4 nitrogen and oxygen atoms in total. The van der Waals surface area contributed by atoms with E-state index in [1.165, 1.54) is 6.42 Å². The Balaban J connectivity index is 1.97. The molecule has 1 aliphatic rings. The fourth-order valence-electron chi connectivity index (χ4n) is 3.02. The highest BCUT2D eigenvalue weighted by molar-refractivity contribution is 5.86. The Morgan fingerprint density at radius 3 is 2.39 bits per heavy atom. The zero-order valence-corrected chi connectivity index (χ0v) is 14.1. The minimum atomic E-state index is -0.579. The minimum absolute atomic E-state index is 0.000335. The number of rotatable bonds is 6. The molecule has 1 amide bonds. The third kappa shape index (κ3) is 5.70. The molecule has 1 atom stereocenters.